The van der Waals surface area contributed by atoms with Crippen LogP contribution in [0.3, 0.4) is 0 Å². The predicted octanol–water partition coefficient (Wildman–Crippen LogP) is -0.177. The third-order valence-corrected chi connectivity index (χ3v) is 3.09. The van der Waals surface area contributed by atoms with Gasteiger partial charge in [-0.2, -0.15) is 0 Å². The molecule has 13 heavy (non-hydrogen) atoms. The molecule has 0 unspecified atom stereocenters. The van der Waals surface area contributed by atoms with Gasteiger partial charge in [-0.25, -0.2) is 8.42 Å². The molecule has 0 radical (unpaired) electrons. The van der Waals surface area contributed by atoms with Crippen molar-refractivity contribution in [2.75, 3.05) is 38.3 Å². The minimum absolute atomic E-state index is 0.0965. The van der Waals surface area contributed by atoms with E-state index in [9.17, 15) is 8.42 Å². The Hall–Kier alpha value is -0.390. The summed E-state index contributed by atoms with van der Waals surface area (Å²) in [5.41, 5.74) is 0. The van der Waals surface area contributed by atoms with Crippen LogP contribution in [0.2, 0.25) is 0 Å². The third-order valence-electron chi connectivity index (χ3n) is 1.48. The molecule has 0 spiro atoms. The molecule has 0 saturated carbocycles. The van der Waals surface area contributed by atoms with E-state index in [1.807, 2.05) is 0 Å². The number of hydrogen-bond acceptors (Lipinski definition) is 4. The molecular formula is C8H17NO3S. The van der Waals surface area contributed by atoms with E-state index in [1.165, 1.54) is 7.11 Å². The summed E-state index contributed by atoms with van der Waals surface area (Å²) in [6.07, 6.45) is 1.70. The number of rotatable bonds is 8. The molecule has 1 N–H and O–H groups in total. The lowest BCUT2D eigenvalue weighted by molar-refractivity contribution is 0.217. The Balaban J connectivity index is 3.57. The van der Waals surface area contributed by atoms with Gasteiger partial charge in [0.2, 0.25) is 0 Å². The summed E-state index contributed by atoms with van der Waals surface area (Å²) in [5.74, 6) is 0.253. The molecule has 5 heteroatoms. The highest BCUT2D eigenvalue weighted by molar-refractivity contribution is 7.91. The average Bonchev–Trinajstić information content (AvgIpc) is 2.09. The van der Waals surface area contributed by atoms with Crippen molar-refractivity contribution in [3.63, 3.8) is 0 Å². The van der Waals surface area contributed by atoms with Crippen molar-refractivity contribution in [1.29, 1.82) is 0 Å². The molecule has 0 atom stereocenters. The largest absolute Gasteiger partial charge is 0.384 e. The highest BCUT2D eigenvalue weighted by Gasteiger charge is 2.08. The van der Waals surface area contributed by atoms with Crippen LogP contribution in [0, 0.1) is 0 Å². The van der Waals surface area contributed by atoms with Crippen molar-refractivity contribution < 1.29 is 13.2 Å². The summed E-state index contributed by atoms with van der Waals surface area (Å²) >= 11 is 0. The van der Waals surface area contributed by atoms with Crippen LogP contribution in [-0.2, 0) is 14.6 Å². The van der Waals surface area contributed by atoms with E-state index in [1.54, 1.807) is 6.08 Å². The maximum Gasteiger partial charge on any atom is 0.153 e. The molecule has 4 nitrogen and oxygen atoms in total. The van der Waals surface area contributed by atoms with Crippen LogP contribution < -0.4 is 5.32 Å². The van der Waals surface area contributed by atoms with Crippen LogP contribution in [0.5, 0.6) is 0 Å². The number of nitrogens with one attached hydrogen (secondary N) is 1. The number of hydrogen-bond donors (Lipinski definition) is 1. The van der Waals surface area contributed by atoms with Crippen LogP contribution >= 0.6 is 0 Å². The molecule has 0 aliphatic rings. The number of sulfone groups is 1. The Morgan fingerprint density at radius 2 is 2.15 bits per heavy atom. The molecule has 0 aromatic heterocycles. The van der Waals surface area contributed by atoms with Gasteiger partial charge in [-0.05, 0) is 0 Å². The summed E-state index contributed by atoms with van der Waals surface area (Å²) < 4.78 is 27.1. The maximum atomic E-state index is 11.2. The van der Waals surface area contributed by atoms with Crippen LogP contribution in [0.25, 0.3) is 0 Å². The van der Waals surface area contributed by atoms with Gasteiger partial charge in [0.1, 0.15) is 0 Å². The van der Waals surface area contributed by atoms with Crippen molar-refractivity contribution in [3.05, 3.63) is 12.7 Å². The molecule has 0 aromatic rings. The predicted molar refractivity (Wildman–Crippen MR) is 53.6 cm³/mol. The van der Waals surface area contributed by atoms with Crippen molar-refractivity contribution in [1.82, 2.24) is 5.32 Å². The highest BCUT2D eigenvalue weighted by atomic mass is 32.2. The summed E-state index contributed by atoms with van der Waals surface area (Å²) in [6.45, 7) is 4.89. The quantitative estimate of drug-likeness (QED) is 0.443. The van der Waals surface area contributed by atoms with Crippen LogP contribution in [-0.4, -0.2) is 46.7 Å². The van der Waals surface area contributed by atoms with E-state index in [-0.39, 0.29) is 18.1 Å². The zero-order valence-corrected chi connectivity index (χ0v) is 8.77. The molecule has 0 saturated heterocycles. The van der Waals surface area contributed by atoms with E-state index in [2.05, 4.69) is 16.6 Å². The van der Waals surface area contributed by atoms with E-state index >= 15 is 0 Å². The molecule has 0 aromatic carbocycles. The van der Waals surface area contributed by atoms with E-state index < -0.39 is 9.84 Å². The molecule has 0 rings (SSSR count). The lowest BCUT2D eigenvalue weighted by atomic mass is 10.6. The SMILES string of the molecule is C=CCNCCS(=O)(=O)CCOC. The third kappa shape index (κ3) is 7.95. The van der Waals surface area contributed by atoms with Gasteiger partial charge in [0.25, 0.3) is 0 Å². The van der Waals surface area contributed by atoms with Crippen molar-refractivity contribution in [3.8, 4) is 0 Å². The van der Waals surface area contributed by atoms with Gasteiger partial charge in [0.15, 0.2) is 9.84 Å². The molecule has 0 bridgehead atoms. The van der Waals surface area contributed by atoms with Crippen LogP contribution in [0.4, 0.5) is 0 Å². The fourth-order valence-electron chi connectivity index (χ4n) is 0.744. The average molecular weight is 207 g/mol. The maximum absolute atomic E-state index is 11.2. The molecule has 0 amide bonds. The Labute approximate surface area is 79.9 Å². The van der Waals surface area contributed by atoms with Gasteiger partial charge in [-0.3, -0.25) is 0 Å². The molecule has 0 heterocycles. The Morgan fingerprint density at radius 3 is 2.69 bits per heavy atom. The Kier molecular flexibility index (Phi) is 6.84. The second-order valence-corrected chi connectivity index (χ2v) is 4.94. The van der Waals surface area contributed by atoms with Gasteiger partial charge in [-0.15, -0.1) is 6.58 Å². The van der Waals surface area contributed by atoms with Crippen LogP contribution in [0.15, 0.2) is 12.7 Å². The van der Waals surface area contributed by atoms with Crippen molar-refractivity contribution in [2.45, 2.75) is 0 Å². The Bertz CT molecular complexity index is 224. The lowest BCUT2D eigenvalue weighted by Gasteiger charge is -2.03. The molecule has 78 valence electrons. The molecule has 0 aliphatic carbocycles. The zero-order chi connectivity index (χ0) is 10.2. The fourth-order valence-corrected chi connectivity index (χ4v) is 1.82. The van der Waals surface area contributed by atoms with E-state index in [4.69, 9.17) is 0 Å². The highest BCUT2D eigenvalue weighted by Crippen LogP contribution is 1.88. The molecule has 0 aliphatic heterocycles. The topological polar surface area (TPSA) is 55.4 Å². The molecular weight excluding hydrogens is 190 g/mol. The summed E-state index contributed by atoms with van der Waals surface area (Å²) in [4.78, 5) is 0. The zero-order valence-electron chi connectivity index (χ0n) is 7.95. The standard InChI is InChI=1S/C8H17NO3S/c1-3-4-9-5-7-13(10,11)8-6-12-2/h3,9H,1,4-8H2,2H3. The first-order valence-corrected chi connectivity index (χ1v) is 5.95. The van der Waals surface area contributed by atoms with E-state index in [0.717, 1.165) is 0 Å². The van der Waals surface area contributed by atoms with Gasteiger partial charge >= 0.3 is 0 Å². The van der Waals surface area contributed by atoms with Gasteiger partial charge < -0.3 is 10.1 Å². The number of methoxy groups -OCH3 is 1. The van der Waals surface area contributed by atoms with E-state index in [0.29, 0.717) is 13.1 Å². The smallest absolute Gasteiger partial charge is 0.153 e. The first-order chi connectivity index (χ1) is 6.12. The monoisotopic (exact) mass is 207 g/mol. The second kappa shape index (κ2) is 7.06. The fraction of sp³-hybridized carbons (Fsp3) is 0.750. The number of ether oxygens (including phenoxy) is 1. The van der Waals surface area contributed by atoms with Gasteiger partial charge in [-0.1, -0.05) is 6.08 Å². The van der Waals surface area contributed by atoms with Crippen molar-refractivity contribution >= 4 is 9.84 Å². The summed E-state index contributed by atoms with van der Waals surface area (Å²) in [7, 11) is -1.45. The molecule has 0 fully saturated rings. The minimum atomic E-state index is -2.95. The lowest BCUT2D eigenvalue weighted by Crippen LogP contribution is -2.25. The first kappa shape index (κ1) is 12.6. The summed E-state index contributed by atoms with van der Waals surface area (Å²) in [5, 5.41) is 2.93. The van der Waals surface area contributed by atoms with Crippen LogP contribution in [0.1, 0.15) is 0 Å². The Morgan fingerprint density at radius 1 is 1.46 bits per heavy atom. The normalized spacial score (nSPS) is 11.5. The van der Waals surface area contributed by atoms with Crippen molar-refractivity contribution in [2.24, 2.45) is 0 Å². The van der Waals surface area contributed by atoms with Gasteiger partial charge in [0.05, 0.1) is 18.1 Å². The summed E-state index contributed by atoms with van der Waals surface area (Å²) in [6, 6.07) is 0. The first-order valence-electron chi connectivity index (χ1n) is 4.13. The minimum Gasteiger partial charge on any atom is -0.384 e. The van der Waals surface area contributed by atoms with Gasteiger partial charge in [0, 0.05) is 20.2 Å². The second-order valence-electron chi connectivity index (χ2n) is 2.64.